The number of amides is 2. The van der Waals surface area contributed by atoms with Gasteiger partial charge in [0.2, 0.25) is 11.8 Å². The summed E-state index contributed by atoms with van der Waals surface area (Å²) in [7, 11) is -4.64. The van der Waals surface area contributed by atoms with Crippen molar-refractivity contribution in [3.63, 3.8) is 0 Å². The van der Waals surface area contributed by atoms with Gasteiger partial charge in [-0.1, -0.05) is 103 Å². The zero-order chi connectivity index (χ0) is 35.2. The Morgan fingerprint density at radius 2 is 1.49 bits per heavy atom. The van der Waals surface area contributed by atoms with E-state index in [0.717, 1.165) is 48.9 Å². The molecule has 12 heteroatoms. The highest BCUT2D eigenvalue weighted by Gasteiger charge is 2.38. The number of hydrogen-bond donors (Lipinski definition) is 1. The summed E-state index contributed by atoms with van der Waals surface area (Å²) in [6, 6.07) is 24.7. The molecule has 0 aliphatic heterocycles. The standard InChI is InChI=1S/C37H37ClF3N3O4S/c1-26-16-18-28(19-17-26)24-43(34(22-27-10-4-2-5-11-27)36(46)42-30-12-8-9-13-30)35(45)25-44(49(47,48)31-14-6-3-7-15-31)33-23-29(37(39,40)41)20-21-32(33)38/h2-7,10-11,14-21,23,30,34H,8-9,12-13,22,24-25H2,1H3,(H,42,46)/t34-/m0/s1. The second kappa shape index (κ2) is 15.5. The molecule has 1 fully saturated rings. The van der Waals surface area contributed by atoms with Crippen LogP contribution in [-0.4, -0.2) is 43.8 Å². The number of carbonyl (C=O) groups excluding carboxylic acids is 2. The number of halogens is 4. The van der Waals surface area contributed by atoms with Crippen LogP contribution in [0.25, 0.3) is 0 Å². The number of alkyl halides is 3. The zero-order valence-corrected chi connectivity index (χ0v) is 28.4. The van der Waals surface area contributed by atoms with Gasteiger partial charge in [-0.25, -0.2) is 8.42 Å². The minimum Gasteiger partial charge on any atom is -0.352 e. The summed E-state index contributed by atoms with van der Waals surface area (Å²) in [5, 5.41) is 2.79. The highest BCUT2D eigenvalue weighted by atomic mass is 35.5. The molecule has 0 spiro atoms. The monoisotopic (exact) mass is 711 g/mol. The predicted octanol–water partition coefficient (Wildman–Crippen LogP) is 7.56. The molecule has 258 valence electrons. The molecule has 1 atom stereocenters. The fraction of sp³-hybridized carbons (Fsp3) is 0.297. The van der Waals surface area contributed by atoms with Crippen molar-refractivity contribution in [3.05, 3.63) is 130 Å². The van der Waals surface area contributed by atoms with Crippen molar-refractivity contribution in [2.45, 2.75) is 68.7 Å². The fourth-order valence-corrected chi connectivity index (χ4v) is 7.64. The molecule has 2 amide bonds. The number of nitrogens with one attached hydrogen (secondary N) is 1. The van der Waals surface area contributed by atoms with E-state index in [9.17, 15) is 31.2 Å². The lowest BCUT2D eigenvalue weighted by atomic mass is 10.0. The molecule has 0 saturated heterocycles. The van der Waals surface area contributed by atoms with Crippen molar-refractivity contribution in [2.75, 3.05) is 10.8 Å². The largest absolute Gasteiger partial charge is 0.416 e. The maximum atomic E-state index is 14.6. The molecular weight excluding hydrogens is 675 g/mol. The van der Waals surface area contributed by atoms with Crippen LogP contribution in [-0.2, 0) is 38.8 Å². The van der Waals surface area contributed by atoms with Gasteiger partial charge in [-0.2, -0.15) is 13.2 Å². The Kier molecular flexibility index (Phi) is 11.3. The molecule has 4 aromatic rings. The second-order valence-corrected chi connectivity index (χ2v) is 14.5. The molecule has 1 aliphatic carbocycles. The summed E-state index contributed by atoms with van der Waals surface area (Å²) < 4.78 is 70.6. The molecule has 0 bridgehead atoms. The summed E-state index contributed by atoms with van der Waals surface area (Å²) in [5.74, 6) is -1.19. The van der Waals surface area contributed by atoms with Crippen molar-refractivity contribution in [2.24, 2.45) is 0 Å². The van der Waals surface area contributed by atoms with Gasteiger partial charge in [0.15, 0.2) is 0 Å². The van der Waals surface area contributed by atoms with Crippen LogP contribution in [0.1, 0.15) is 47.9 Å². The first-order valence-electron chi connectivity index (χ1n) is 16.0. The van der Waals surface area contributed by atoms with Gasteiger partial charge in [-0.3, -0.25) is 13.9 Å². The lowest BCUT2D eigenvalue weighted by molar-refractivity contribution is -0.140. The summed E-state index contributed by atoms with van der Waals surface area (Å²) in [5.41, 5.74) is 0.771. The molecule has 0 unspecified atom stereocenters. The molecule has 0 heterocycles. The third kappa shape index (κ3) is 9.01. The van der Waals surface area contributed by atoms with E-state index >= 15 is 0 Å². The average molecular weight is 712 g/mol. The Balaban J connectivity index is 1.61. The van der Waals surface area contributed by atoms with Crippen LogP contribution in [0.2, 0.25) is 5.02 Å². The van der Waals surface area contributed by atoms with Crippen molar-refractivity contribution < 1.29 is 31.2 Å². The van der Waals surface area contributed by atoms with Crippen molar-refractivity contribution >= 4 is 39.1 Å². The lowest BCUT2D eigenvalue weighted by Crippen LogP contribution is -2.54. The maximum Gasteiger partial charge on any atom is 0.416 e. The number of nitrogens with zero attached hydrogens (tertiary/aromatic N) is 2. The van der Waals surface area contributed by atoms with Crippen LogP contribution < -0.4 is 9.62 Å². The molecule has 5 rings (SSSR count). The molecule has 0 aromatic heterocycles. The van der Waals surface area contributed by atoms with Gasteiger partial charge < -0.3 is 10.2 Å². The maximum absolute atomic E-state index is 14.6. The van der Waals surface area contributed by atoms with E-state index in [0.29, 0.717) is 15.9 Å². The van der Waals surface area contributed by atoms with E-state index in [-0.39, 0.29) is 28.9 Å². The number of aryl methyl sites for hydroxylation is 1. The third-order valence-corrected chi connectivity index (χ3v) is 10.7. The average Bonchev–Trinajstić information content (AvgIpc) is 3.59. The van der Waals surface area contributed by atoms with Gasteiger partial charge in [0.05, 0.1) is 21.2 Å². The Bertz CT molecular complexity index is 1850. The molecule has 0 radical (unpaired) electrons. The second-order valence-electron chi connectivity index (χ2n) is 12.2. The number of anilines is 1. The summed E-state index contributed by atoms with van der Waals surface area (Å²) in [6.45, 7) is 0.918. The van der Waals surface area contributed by atoms with Gasteiger partial charge in [-0.05, 0) is 61.2 Å². The van der Waals surface area contributed by atoms with Crippen LogP contribution in [0, 0.1) is 6.92 Å². The first kappa shape index (κ1) is 35.9. The van der Waals surface area contributed by atoms with Crippen LogP contribution in [0.3, 0.4) is 0 Å². The Hall–Kier alpha value is -4.35. The summed E-state index contributed by atoms with van der Waals surface area (Å²) in [4.78, 5) is 29.8. The molecule has 1 aliphatic rings. The SMILES string of the molecule is Cc1ccc(CN(C(=O)CN(c2cc(C(F)(F)F)ccc2Cl)S(=O)(=O)c2ccccc2)[C@@H](Cc2ccccc2)C(=O)NC2CCCC2)cc1. The minimum absolute atomic E-state index is 0.0652. The smallest absolute Gasteiger partial charge is 0.352 e. The van der Waals surface area contributed by atoms with Gasteiger partial charge in [0, 0.05) is 19.0 Å². The normalized spacial score (nSPS) is 14.3. The molecule has 1 saturated carbocycles. The number of rotatable bonds is 12. The predicted molar refractivity (Wildman–Crippen MR) is 183 cm³/mol. The molecule has 49 heavy (non-hydrogen) atoms. The quantitative estimate of drug-likeness (QED) is 0.164. The molecular formula is C37H37ClF3N3O4S. The van der Waals surface area contributed by atoms with E-state index in [2.05, 4.69) is 5.32 Å². The van der Waals surface area contributed by atoms with Crippen molar-refractivity contribution in [1.29, 1.82) is 0 Å². The topological polar surface area (TPSA) is 86.8 Å². The van der Waals surface area contributed by atoms with Crippen molar-refractivity contribution in [1.82, 2.24) is 10.2 Å². The molecule has 1 N–H and O–H groups in total. The first-order chi connectivity index (χ1) is 23.3. The van der Waals surface area contributed by atoms with Crippen LogP contribution in [0.4, 0.5) is 18.9 Å². The third-order valence-electron chi connectivity index (χ3n) is 8.60. The lowest BCUT2D eigenvalue weighted by Gasteiger charge is -2.34. The number of carbonyl (C=O) groups is 2. The fourth-order valence-electron chi connectivity index (χ4n) is 5.92. The van der Waals surface area contributed by atoms with Crippen LogP contribution in [0.15, 0.2) is 108 Å². The van der Waals surface area contributed by atoms with Crippen molar-refractivity contribution in [3.8, 4) is 0 Å². The van der Waals surface area contributed by atoms with Gasteiger partial charge >= 0.3 is 6.18 Å². The van der Waals surface area contributed by atoms with Gasteiger partial charge in [0.25, 0.3) is 10.0 Å². The van der Waals surface area contributed by atoms with Crippen LogP contribution >= 0.6 is 11.6 Å². The Morgan fingerprint density at radius 1 is 0.878 bits per heavy atom. The van der Waals surface area contributed by atoms with E-state index in [1.54, 1.807) is 6.07 Å². The van der Waals surface area contributed by atoms with Crippen LogP contribution in [0.5, 0.6) is 0 Å². The zero-order valence-electron chi connectivity index (χ0n) is 26.9. The Morgan fingerprint density at radius 3 is 2.10 bits per heavy atom. The highest BCUT2D eigenvalue weighted by Crippen LogP contribution is 2.37. The van der Waals surface area contributed by atoms with E-state index < -0.39 is 51.9 Å². The molecule has 7 nitrogen and oxygen atoms in total. The Labute approximate surface area is 289 Å². The number of sulfonamides is 1. The first-order valence-corrected chi connectivity index (χ1v) is 17.8. The van der Waals surface area contributed by atoms with Gasteiger partial charge in [0.1, 0.15) is 12.6 Å². The molecule has 4 aromatic carbocycles. The number of hydrogen-bond acceptors (Lipinski definition) is 4. The van der Waals surface area contributed by atoms with E-state index in [4.69, 9.17) is 11.6 Å². The summed E-state index contributed by atoms with van der Waals surface area (Å²) in [6.07, 6.45) is -1.18. The number of benzene rings is 4. The van der Waals surface area contributed by atoms with E-state index in [1.165, 1.54) is 29.2 Å². The van der Waals surface area contributed by atoms with Gasteiger partial charge in [-0.15, -0.1) is 0 Å². The highest BCUT2D eigenvalue weighted by molar-refractivity contribution is 7.92. The summed E-state index contributed by atoms with van der Waals surface area (Å²) >= 11 is 6.40. The van der Waals surface area contributed by atoms with E-state index in [1.807, 2.05) is 61.5 Å². The minimum atomic E-state index is -4.82.